The summed E-state index contributed by atoms with van der Waals surface area (Å²) in [6.45, 7) is 1.22. The molecule has 2 amide bonds. The number of benzene rings is 1. The Morgan fingerprint density at radius 3 is 2.30 bits per heavy atom. The maximum atomic E-state index is 12.5. The predicted octanol–water partition coefficient (Wildman–Crippen LogP) is 3.85. The molecule has 6 nitrogen and oxygen atoms in total. The molecule has 4 aliphatic rings. The number of carbonyl (C=O) groups excluding carboxylic acids is 3. The standard InChI is InChI=1S/C23H29ClN2O4/c1-14-4-18(24)2-3-19(14)26-21(28)13-30-22(29)12-25-20(27)11-23-8-15-5-16(9-23)7-17(6-15)10-23/h2-4,15-17H,5-13H2,1H3,(H,25,27)(H,26,28). The summed E-state index contributed by atoms with van der Waals surface area (Å²) in [5.74, 6) is 1.23. The molecule has 162 valence electrons. The van der Waals surface area contributed by atoms with Crippen molar-refractivity contribution in [3.05, 3.63) is 28.8 Å². The summed E-state index contributed by atoms with van der Waals surface area (Å²) >= 11 is 5.90. The maximum absolute atomic E-state index is 12.5. The zero-order chi connectivity index (χ0) is 21.3. The lowest BCUT2D eigenvalue weighted by molar-refractivity contribution is -0.147. The molecule has 0 saturated heterocycles. The fraction of sp³-hybridized carbons (Fsp3) is 0.609. The molecule has 30 heavy (non-hydrogen) atoms. The first kappa shape index (κ1) is 21.2. The molecular formula is C23H29ClN2O4. The lowest BCUT2D eigenvalue weighted by atomic mass is 9.49. The fourth-order valence-corrected chi connectivity index (χ4v) is 6.46. The van der Waals surface area contributed by atoms with Gasteiger partial charge in [-0.2, -0.15) is 0 Å². The number of anilines is 1. The van der Waals surface area contributed by atoms with Gasteiger partial charge in [0.2, 0.25) is 5.91 Å². The number of hydrogen-bond acceptors (Lipinski definition) is 4. The zero-order valence-electron chi connectivity index (χ0n) is 17.3. The van der Waals surface area contributed by atoms with Gasteiger partial charge in [-0.15, -0.1) is 0 Å². The van der Waals surface area contributed by atoms with Gasteiger partial charge < -0.3 is 15.4 Å². The van der Waals surface area contributed by atoms with Crippen molar-refractivity contribution in [1.82, 2.24) is 5.32 Å². The highest BCUT2D eigenvalue weighted by Crippen LogP contribution is 2.61. The molecule has 5 rings (SSSR count). The maximum Gasteiger partial charge on any atom is 0.325 e. The molecule has 0 aromatic heterocycles. The van der Waals surface area contributed by atoms with Gasteiger partial charge in [-0.3, -0.25) is 14.4 Å². The highest BCUT2D eigenvalue weighted by atomic mass is 35.5. The number of ether oxygens (including phenoxy) is 1. The van der Waals surface area contributed by atoms with Crippen LogP contribution in [0.4, 0.5) is 5.69 Å². The van der Waals surface area contributed by atoms with E-state index in [2.05, 4.69) is 10.6 Å². The van der Waals surface area contributed by atoms with Crippen LogP contribution in [0.25, 0.3) is 0 Å². The van der Waals surface area contributed by atoms with Gasteiger partial charge in [-0.05, 0) is 92.4 Å². The Morgan fingerprint density at radius 1 is 1.07 bits per heavy atom. The third-order valence-electron chi connectivity index (χ3n) is 6.96. The molecule has 0 spiro atoms. The van der Waals surface area contributed by atoms with Gasteiger partial charge in [0.15, 0.2) is 6.61 Å². The van der Waals surface area contributed by atoms with E-state index in [4.69, 9.17) is 16.3 Å². The number of esters is 1. The summed E-state index contributed by atoms with van der Waals surface area (Å²) < 4.78 is 4.99. The number of halogens is 1. The molecular weight excluding hydrogens is 404 g/mol. The van der Waals surface area contributed by atoms with Crippen LogP contribution in [0.5, 0.6) is 0 Å². The fourth-order valence-electron chi connectivity index (χ4n) is 6.23. The SMILES string of the molecule is Cc1cc(Cl)ccc1NC(=O)COC(=O)CNC(=O)CC12CC3CC(CC(C3)C1)C2. The number of hydrogen-bond donors (Lipinski definition) is 2. The lowest BCUT2D eigenvalue weighted by Gasteiger charge is -2.56. The van der Waals surface area contributed by atoms with E-state index in [0.717, 1.165) is 42.6 Å². The quantitative estimate of drug-likeness (QED) is 0.641. The van der Waals surface area contributed by atoms with E-state index in [0.29, 0.717) is 17.1 Å². The van der Waals surface area contributed by atoms with Crippen LogP contribution in [0.1, 0.15) is 50.5 Å². The van der Waals surface area contributed by atoms with Crippen LogP contribution in [0.2, 0.25) is 5.02 Å². The molecule has 0 heterocycles. The molecule has 4 aliphatic carbocycles. The molecule has 4 saturated carbocycles. The van der Waals surface area contributed by atoms with Crippen LogP contribution < -0.4 is 10.6 Å². The first-order valence-corrected chi connectivity index (χ1v) is 11.2. The minimum Gasteiger partial charge on any atom is -0.454 e. The Hall–Kier alpha value is -2.08. The van der Waals surface area contributed by atoms with Gasteiger partial charge in [-0.1, -0.05) is 11.6 Å². The van der Waals surface area contributed by atoms with Crippen LogP contribution in [0.15, 0.2) is 18.2 Å². The summed E-state index contributed by atoms with van der Waals surface area (Å²) in [5, 5.41) is 5.95. The Morgan fingerprint density at radius 2 is 1.70 bits per heavy atom. The average molecular weight is 433 g/mol. The molecule has 1 aromatic rings. The topological polar surface area (TPSA) is 84.5 Å². The summed E-state index contributed by atoms with van der Waals surface area (Å²) in [5.41, 5.74) is 1.57. The molecule has 1 aromatic carbocycles. The Balaban J connectivity index is 1.18. The third-order valence-corrected chi connectivity index (χ3v) is 7.19. The molecule has 0 aliphatic heterocycles. The van der Waals surface area contributed by atoms with E-state index in [-0.39, 0.29) is 17.9 Å². The minimum absolute atomic E-state index is 0.0878. The van der Waals surface area contributed by atoms with Gasteiger partial charge in [0.05, 0.1) is 0 Å². The Kier molecular flexibility index (Phi) is 6.05. The van der Waals surface area contributed by atoms with Gasteiger partial charge >= 0.3 is 5.97 Å². The van der Waals surface area contributed by atoms with Crippen LogP contribution in [0, 0.1) is 30.1 Å². The van der Waals surface area contributed by atoms with Crippen molar-refractivity contribution in [2.24, 2.45) is 23.2 Å². The van der Waals surface area contributed by atoms with Gasteiger partial charge in [0.25, 0.3) is 5.91 Å². The smallest absolute Gasteiger partial charge is 0.325 e. The number of nitrogens with one attached hydrogen (secondary N) is 2. The summed E-state index contributed by atoms with van der Waals surface area (Å²) in [6, 6.07) is 5.11. The predicted molar refractivity (Wildman–Crippen MR) is 114 cm³/mol. The van der Waals surface area contributed by atoms with Crippen LogP contribution in [-0.4, -0.2) is 30.9 Å². The normalized spacial score (nSPS) is 28.8. The van der Waals surface area contributed by atoms with E-state index in [9.17, 15) is 14.4 Å². The van der Waals surface area contributed by atoms with Gasteiger partial charge in [-0.25, -0.2) is 0 Å². The van der Waals surface area contributed by atoms with Gasteiger partial charge in [0.1, 0.15) is 6.54 Å². The van der Waals surface area contributed by atoms with Crippen molar-refractivity contribution in [1.29, 1.82) is 0 Å². The highest BCUT2D eigenvalue weighted by molar-refractivity contribution is 6.30. The second kappa shape index (κ2) is 8.58. The van der Waals surface area contributed by atoms with E-state index >= 15 is 0 Å². The molecule has 4 bridgehead atoms. The van der Waals surface area contributed by atoms with Crippen molar-refractivity contribution >= 4 is 35.1 Å². The van der Waals surface area contributed by atoms with Crippen molar-refractivity contribution in [3.8, 4) is 0 Å². The molecule has 4 fully saturated rings. The van der Waals surface area contributed by atoms with Crippen molar-refractivity contribution in [2.75, 3.05) is 18.5 Å². The van der Waals surface area contributed by atoms with Crippen molar-refractivity contribution in [2.45, 2.75) is 51.9 Å². The molecule has 0 atom stereocenters. The van der Waals surface area contributed by atoms with Crippen LogP contribution in [-0.2, 0) is 19.1 Å². The number of rotatable bonds is 7. The number of aryl methyl sites for hydroxylation is 1. The lowest BCUT2D eigenvalue weighted by Crippen LogP contribution is -2.48. The molecule has 7 heteroatoms. The largest absolute Gasteiger partial charge is 0.454 e. The van der Waals surface area contributed by atoms with E-state index in [1.54, 1.807) is 18.2 Å². The van der Waals surface area contributed by atoms with Crippen molar-refractivity contribution < 1.29 is 19.1 Å². The Bertz CT molecular complexity index is 818. The first-order chi connectivity index (χ1) is 14.3. The Labute approximate surface area is 182 Å². The second-order valence-corrected chi connectivity index (χ2v) is 9.98. The van der Waals surface area contributed by atoms with E-state index in [1.165, 1.54) is 19.3 Å². The number of carbonyl (C=O) groups is 3. The highest BCUT2D eigenvalue weighted by Gasteiger charge is 2.51. The first-order valence-electron chi connectivity index (χ1n) is 10.8. The molecule has 2 N–H and O–H groups in total. The van der Waals surface area contributed by atoms with Crippen molar-refractivity contribution in [3.63, 3.8) is 0 Å². The summed E-state index contributed by atoms with van der Waals surface area (Å²) in [6.07, 6.45) is 7.98. The number of amides is 2. The minimum atomic E-state index is -0.614. The third kappa shape index (κ3) is 4.97. The van der Waals surface area contributed by atoms with E-state index < -0.39 is 18.5 Å². The molecule has 0 unspecified atom stereocenters. The summed E-state index contributed by atoms with van der Waals surface area (Å²) in [4.78, 5) is 36.4. The monoisotopic (exact) mass is 432 g/mol. The van der Waals surface area contributed by atoms with E-state index in [1.807, 2.05) is 6.92 Å². The zero-order valence-corrected chi connectivity index (χ0v) is 18.1. The molecule has 0 radical (unpaired) electrons. The average Bonchev–Trinajstić information content (AvgIpc) is 2.65. The van der Waals surface area contributed by atoms with Gasteiger partial charge in [0, 0.05) is 17.1 Å². The summed E-state index contributed by atoms with van der Waals surface area (Å²) in [7, 11) is 0. The van der Waals surface area contributed by atoms with Crippen LogP contribution >= 0.6 is 11.6 Å². The second-order valence-electron chi connectivity index (χ2n) is 9.54. The van der Waals surface area contributed by atoms with Crippen LogP contribution in [0.3, 0.4) is 0 Å².